The number of carboxylic acid groups (broad SMARTS) is 1. The van der Waals surface area contributed by atoms with Crippen molar-refractivity contribution >= 4 is 82.2 Å². The van der Waals surface area contributed by atoms with Gasteiger partial charge in [-0.05, 0) is 140 Å². The molecule has 8 heterocycles. The maximum Gasteiger partial charge on any atom is 0.573 e. The highest BCUT2D eigenvalue weighted by Crippen LogP contribution is 2.50. The van der Waals surface area contributed by atoms with Gasteiger partial charge in [-0.25, -0.2) is 9.59 Å². The van der Waals surface area contributed by atoms with Crippen LogP contribution >= 0.6 is 23.2 Å². The van der Waals surface area contributed by atoms with Crippen LogP contribution in [0.4, 0.5) is 19.0 Å². The zero-order valence-electron chi connectivity index (χ0n) is 66.4. The van der Waals surface area contributed by atoms with Crippen molar-refractivity contribution in [1.29, 1.82) is 0 Å². The van der Waals surface area contributed by atoms with E-state index in [4.69, 9.17) is 57.4 Å². The molecule has 45 heteroatoms. The van der Waals surface area contributed by atoms with Gasteiger partial charge >= 0.3 is 18.0 Å². The van der Waals surface area contributed by atoms with Gasteiger partial charge < -0.3 is 132 Å². The molecule has 125 heavy (non-hydrogen) atoms. The third kappa shape index (κ3) is 20.9. The number of benzene rings is 6. The van der Waals surface area contributed by atoms with E-state index in [0.717, 1.165) is 102 Å². The van der Waals surface area contributed by atoms with Crippen molar-refractivity contribution in [2.24, 2.45) is 11.7 Å². The lowest BCUT2D eigenvalue weighted by atomic mass is 9.85. The number of amides is 8. The number of aliphatic hydroxyl groups excluding tert-OH is 6. The minimum atomic E-state index is -4.98. The largest absolute Gasteiger partial charge is 0.573 e. The molecule has 2 unspecified atom stereocenters. The summed E-state index contributed by atoms with van der Waals surface area (Å²) in [7, 11) is 1.45. The molecule has 8 amide bonds. The molecule has 40 nitrogen and oxygen atoms in total. The molecule has 668 valence electrons. The number of hydrazine groups is 1. The summed E-state index contributed by atoms with van der Waals surface area (Å²) < 4.78 is 82.3. The Balaban J connectivity index is 0.971. The summed E-state index contributed by atoms with van der Waals surface area (Å²) >= 11 is 14.3. The quantitative estimate of drug-likeness (QED) is 0.0455. The van der Waals surface area contributed by atoms with E-state index < -0.39 is 277 Å². The van der Waals surface area contributed by atoms with Gasteiger partial charge in [0.1, 0.15) is 95.2 Å². The number of carbonyl (C=O) groups is 9. The van der Waals surface area contributed by atoms with Crippen molar-refractivity contribution in [2.75, 3.05) is 25.6 Å². The predicted molar refractivity (Wildman–Crippen MR) is 426 cm³/mol. The molecule has 7 aliphatic heterocycles. The molecule has 0 saturated carbocycles. The van der Waals surface area contributed by atoms with Gasteiger partial charge in [0.15, 0.2) is 35.8 Å². The van der Waals surface area contributed by atoms with Crippen molar-refractivity contribution in [3.05, 3.63) is 169 Å². The number of likely N-dealkylation sites (N-methyl/N-ethyl adjacent to an activating group) is 1. The summed E-state index contributed by atoms with van der Waals surface area (Å²) in [6.07, 6.45) is -23.6. The Labute approximate surface area is 715 Å². The van der Waals surface area contributed by atoms with E-state index in [1.165, 1.54) is 32.3 Å². The van der Waals surface area contributed by atoms with E-state index in [9.17, 15) is 97.8 Å². The molecule has 14 rings (SSSR count). The first kappa shape index (κ1) is 92.0. The van der Waals surface area contributed by atoms with Crippen molar-refractivity contribution in [3.8, 4) is 62.9 Å². The Morgan fingerprint density at radius 2 is 1.36 bits per heavy atom. The maximum atomic E-state index is 16.2. The molecule has 1 aromatic heterocycles. The minimum absolute atomic E-state index is 0.0912. The summed E-state index contributed by atoms with van der Waals surface area (Å²) in [6, 6.07) is 3.79. The van der Waals surface area contributed by atoms with Gasteiger partial charge in [-0.3, -0.25) is 53.8 Å². The molecule has 18 atom stereocenters. The SMILES string of the molecule is CN[C@@H](CC(C)C)C(=O)N[C@H]1C(=O)N[C@@H](CC(N)=O)C(=O)NC2C(=O)N[C@@H]3C(=O)N[C@@H](C(=O)N[C@@H](C(=O)O)c4cc(O)cc(O)c4-c4cc3ccc4O)[C@H](O)c3ccc(c(Cl)c3)Oc3cc2cc(c3OC2O[C@@H](CO)[C@@H](O)[C@@H](O)[C@H]2O[C@H]2C[C@@](C)(NCCn3ccc(NNC(=O)c4ccc(OC(F)(F)F)cc4)nc3=O)[C@@H](O)[C@@H](C)O2)Oc2ccc(cc2Cl)[C@H]1O. The molecule has 11 bridgehead atoms. The number of aromatic nitrogens is 2. The number of hydrogen-bond acceptors (Lipinski definition) is 30. The number of ether oxygens (including phenoxy) is 7. The number of rotatable bonds is 21. The monoisotopic (exact) mass is 1790 g/mol. The predicted octanol–water partition coefficient (Wildman–Crippen LogP) is 1.65. The number of carboxylic acids is 1. The van der Waals surface area contributed by atoms with Crippen molar-refractivity contribution in [1.82, 2.24) is 57.5 Å². The number of halogens is 5. The number of hydrogen-bond donors (Lipinski definition) is 21. The van der Waals surface area contributed by atoms with Crippen LogP contribution in [0.3, 0.4) is 0 Å². The lowest BCUT2D eigenvalue weighted by molar-refractivity contribution is -0.334. The number of aromatic hydroxyl groups is 3. The van der Waals surface area contributed by atoms with Gasteiger partial charge in [-0.1, -0.05) is 55.2 Å². The number of anilines is 1. The van der Waals surface area contributed by atoms with E-state index in [1.807, 2.05) is 0 Å². The third-order valence-electron chi connectivity index (χ3n) is 21.1. The number of aliphatic carboxylic acids is 1. The number of phenols is 3. The van der Waals surface area contributed by atoms with E-state index in [0.29, 0.717) is 0 Å². The zero-order valence-corrected chi connectivity index (χ0v) is 67.9. The van der Waals surface area contributed by atoms with Crippen LogP contribution in [0.2, 0.25) is 10.0 Å². The average molecular weight is 1790 g/mol. The van der Waals surface area contributed by atoms with Gasteiger partial charge in [0.2, 0.25) is 53.4 Å². The van der Waals surface area contributed by atoms with E-state index in [2.05, 4.69) is 63.1 Å². The summed E-state index contributed by atoms with van der Waals surface area (Å²) in [5.41, 5.74) is 4.97. The third-order valence-corrected chi connectivity index (χ3v) is 21.7. The van der Waals surface area contributed by atoms with Crippen LogP contribution in [0.1, 0.15) is 115 Å². The zero-order chi connectivity index (χ0) is 90.7. The summed E-state index contributed by atoms with van der Waals surface area (Å²) in [5.74, 6) is -18.3. The van der Waals surface area contributed by atoms with Crippen LogP contribution in [0.5, 0.6) is 51.7 Å². The first-order valence-electron chi connectivity index (χ1n) is 38.5. The fraction of sp³-hybridized carbons (Fsp3) is 0.388. The Morgan fingerprint density at radius 3 is 1.97 bits per heavy atom. The Hall–Kier alpha value is -12.2. The van der Waals surface area contributed by atoms with Gasteiger partial charge in [0, 0.05) is 59.6 Å². The number of fused-ring (bicyclic) bond motifs is 15. The number of nitrogens with one attached hydrogen (secondary N) is 10. The minimum Gasteiger partial charge on any atom is -0.508 e. The first-order valence-corrected chi connectivity index (χ1v) is 39.3. The van der Waals surface area contributed by atoms with E-state index >= 15 is 14.4 Å². The number of nitrogens with zero attached hydrogens (tertiary/aromatic N) is 2. The number of aliphatic hydroxyl groups is 6. The summed E-state index contributed by atoms with van der Waals surface area (Å²) in [5, 5.41) is 136. The molecule has 7 aromatic rings. The summed E-state index contributed by atoms with van der Waals surface area (Å²) in [6.45, 7) is 5.31. The fourth-order valence-corrected chi connectivity index (χ4v) is 15.2. The van der Waals surface area contributed by atoms with Crippen molar-refractivity contribution in [2.45, 2.75) is 169 Å². The highest BCUT2D eigenvalue weighted by atomic mass is 35.5. The second-order valence-electron chi connectivity index (χ2n) is 30.5. The molecule has 0 spiro atoms. The van der Waals surface area contributed by atoms with Crippen molar-refractivity contribution in [3.63, 3.8) is 0 Å². The number of nitrogens with two attached hydrogens (primary N) is 1. The molecular weight excluding hydrogens is 1700 g/mol. The summed E-state index contributed by atoms with van der Waals surface area (Å²) in [4.78, 5) is 148. The topological polar surface area (TPSA) is 602 Å². The molecule has 2 fully saturated rings. The molecule has 2 saturated heterocycles. The first-order chi connectivity index (χ1) is 59.1. The van der Waals surface area contributed by atoms with Crippen LogP contribution in [0.25, 0.3) is 11.1 Å². The molecule has 6 aromatic carbocycles. The normalized spacial score (nSPS) is 26.0. The number of phenolic OH excluding ortho intramolecular Hbond substituents is 3. The second-order valence-corrected chi connectivity index (χ2v) is 31.3. The Kier molecular flexibility index (Phi) is 28.0. The average Bonchev–Trinajstić information content (AvgIpc) is 0.764. The second kappa shape index (κ2) is 38.1. The van der Waals surface area contributed by atoms with E-state index in [-0.39, 0.29) is 54.4 Å². The van der Waals surface area contributed by atoms with Gasteiger partial charge in [0.05, 0.1) is 41.3 Å². The lowest BCUT2D eigenvalue weighted by Gasteiger charge is -2.48. The lowest BCUT2D eigenvalue weighted by Crippen LogP contribution is -2.65. The van der Waals surface area contributed by atoms with Crippen LogP contribution in [-0.4, -0.2) is 219 Å². The standard InChI is InChI=1S/C80H86Cl2F3N13O27/c1-31(2)20-44(87-5)70(110)94-60-62(104)35-9-14-48(42(81)22-35)120-50-24-37-25-51(66(50)124-77-67(65(107)64(106)52(30-99)122-77)123-55-29-79(4,68(108)32(3)119-55)88-17-19-98-18-16-54(90-78(98)118)96-97-69(109)33-6-11-39(12-7-33)125-80(83,84)85)121-49-15-10-36(23-43(49)82)63(105)61-75(115)93-59(76(116)117)41-26-38(100)27-47(102)56(41)40-21-34(8-13-46(40)101)57(72(112)95-61)92-73(113)58(37)91-71(111)45(28-53(86)103)89-74(60)114/h6-16,18,21-27,31-32,44-45,52,55,57-65,67-68,77,87-88,99-102,104-108H,17,19-20,28-30H2,1-5H3,(H2,86,103)(H,89,114)(H,91,111)(H,92,113)(H,93,115)(H,94,110)(H,95,112)(H,97,109)(H,116,117)(H,90,96,118)/t32-,44+,45+,52+,55+,57+,58?,59-,60-,61-,62-,63-,64-,65-,67-,68+,77?,79-/m1/s1. The number of primary amides is 1. The highest BCUT2D eigenvalue weighted by Gasteiger charge is 2.52. The molecular formula is C80H86Cl2F3N13O27. The van der Waals surface area contributed by atoms with Crippen LogP contribution in [0, 0.1) is 5.92 Å². The van der Waals surface area contributed by atoms with Crippen LogP contribution in [0.15, 0.2) is 120 Å². The van der Waals surface area contributed by atoms with Gasteiger partial charge in [-0.15, -0.1) is 13.2 Å². The fourth-order valence-electron chi connectivity index (χ4n) is 14.8. The van der Waals surface area contributed by atoms with Gasteiger partial charge in [-0.2, -0.15) is 4.98 Å². The highest BCUT2D eigenvalue weighted by molar-refractivity contribution is 6.32. The smallest absolute Gasteiger partial charge is 0.508 e. The Morgan fingerprint density at radius 1 is 0.728 bits per heavy atom. The van der Waals surface area contributed by atoms with Crippen LogP contribution in [-0.2, 0) is 59.1 Å². The molecule has 22 N–H and O–H groups in total. The number of alkyl halides is 3. The molecule has 0 aliphatic carbocycles. The van der Waals surface area contributed by atoms with E-state index in [1.54, 1.807) is 20.8 Å². The van der Waals surface area contributed by atoms with Crippen LogP contribution < -0.4 is 83.8 Å². The maximum absolute atomic E-state index is 16.2. The Bertz CT molecular complexity index is 5370. The van der Waals surface area contributed by atoms with Gasteiger partial charge in [0.25, 0.3) is 5.91 Å². The molecule has 7 aliphatic rings. The van der Waals surface area contributed by atoms with Crippen molar-refractivity contribution < 1.29 is 141 Å². The number of carbonyl (C=O) groups excluding carboxylic acids is 8. The molecule has 0 radical (unpaired) electrons.